The fourth-order valence-corrected chi connectivity index (χ4v) is 5.16. The van der Waals surface area contributed by atoms with Gasteiger partial charge in [0.05, 0.1) is 0 Å². The minimum Gasteiger partial charge on any atom is -0.489 e. The topological polar surface area (TPSA) is 128 Å². The van der Waals surface area contributed by atoms with E-state index in [4.69, 9.17) is 23.7 Å². The van der Waals surface area contributed by atoms with Gasteiger partial charge in [-0.15, -0.1) is 4.99 Å². The molecule has 4 aromatic rings. The second-order valence-corrected chi connectivity index (χ2v) is 13.9. The largest absolute Gasteiger partial charge is 0.489 e. The van der Waals surface area contributed by atoms with Crippen LogP contribution < -0.4 is 10.1 Å². The number of carbonyl (C=O) groups is 2. The Hall–Kier alpha value is -4.45. The number of fused-ring (bicyclic) bond motifs is 1. The van der Waals surface area contributed by atoms with E-state index < -0.39 is 29.4 Å². The molecule has 11 nitrogen and oxygen atoms in total. The number of amides is 2. The predicted molar refractivity (Wildman–Crippen MR) is 177 cm³/mol. The summed E-state index contributed by atoms with van der Waals surface area (Å²) in [5.41, 5.74) is 0.348. The molecule has 1 aliphatic heterocycles. The van der Waals surface area contributed by atoms with Crippen molar-refractivity contribution in [3.05, 3.63) is 76.6 Å². The van der Waals surface area contributed by atoms with Gasteiger partial charge in [-0.25, -0.2) is 9.59 Å². The average Bonchev–Trinajstić information content (AvgIpc) is 3.64. The Labute approximate surface area is 276 Å². The molecule has 0 bridgehead atoms. The molecule has 1 aliphatic rings. The SMILES string of the molecule is CC(C)(C)OC(=O)N=C(NC(=O)OC(C)(C)C)N1CCCC1c1nc(-c2ccc3cc(OCc4ccc(Br)cc4)ccc3c2)no1. The number of guanidine groups is 1. The van der Waals surface area contributed by atoms with Crippen LogP contribution in [0.2, 0.25) is 0 Å². The number of rotatable bonds is 5. The number of ether oxygens (including phenoxy) is 3. The fourth-order valence-electron chi connectivity index (χ4n) is 4.89. The Morgan fingerprint density at radius 2 is 1.67 bits per heavy atom. The van der Waals surface area contributed by atoms with Crippen molar-refractivity contribution in [3.63, 3.8) is 0 Å². The summed E-state index contributed by atoms with van der Waals surface area (Å²) in [6, 6.07) is 19.4. The van der Waals surface area contributed by atoms with E-state index in [0.29, 0.717) is 31.3 Å². The first kappa shape index (κ1) is 32.9. The highest BCUT2D eigenvalue weighted by atomic mass is 79.9. The molecule has 1 fully saturated rings. The normalized spacial score (nSPS) is 15.6. The minimum atomic E-state index is -0.839. The van der Waals surface area contributed by atoms with E-state index in [1.165, 1.54) is 0 Å². The van der Waals surface area contributed by atoms with Gasteiger partial charge in [-0.3, -0.25) is 5.32 Å². The van der Waals surface area contributed by atoms with Gasteiger partial charge in [0.1, 0.15) is 29.6 Å². The fraction of sp³-hybridized carbons (Fsp3) is 0.382. The average molecular weight is 693 g/mol. The van der Waals surface area contributed by atoms with Crippen LogP contribution in [0, 0.1) is 0 Å². The molecule has 242 valence electrons. The molecule has 2 amide bonds. The number of hydrogen-bond acceptors (Lipinski definition) is 8. The maximum atomic E-state index is 12.7. The molecular weight excluding hydrogens is 654 g/mol. The number of nitrogens with zero attached hydrogens (tertiary/aromatic N) is 4. The molecule has 0 aliphatic carbocycles. The summed E-state index contributed by atoms with van der Waals surface area (Å²) in [5, 5.41) is 8.89. The molecule has 0 saturated carbocycles. The lowest BCUT2D eigenvalue weighted by molar-refractivity contribution is 0.0553. The summed E-state index contributed by atoms with van der Waals surface area (Å²) in [5.74, 6) is 1.53. The van der Waals surface area contributed by atoms with Crippen molar-refractivity contribution in [2.45, 2.75) is 78.2 Å². The zero-order chi connectivity index (χ0) is 33.1. The third-order valence-corrected chi connectivity index (χ3v) is 7.37. The molecule has 3 aromatic carbocycles. The standard InChI is InChI=1S/C34H38BrN5O6/c1-33(2,3)44-31(41)37-30(38-32(42)45-34(4,5)6)40-17-7-8-27(40)29-36-28(39-46-29)24-12-11-23-19-26(16-13-22(23)18-24)43-20-21-9-14-25(35)15-10-21/h9-16,18-19,27H,7-8,17,20H2,1-6H3,(H,37,38,41,42). The van der Waals surface area contributed by atoms with Crippen LogP contribution in [0.15, 0.2) is 74.7 Å². The summed E-state index contributed by atoms with van der Waals surface area (Å²) in [6.07, 6.45) is -0.196. The van der Waals surface area contributed by atoms with Gasteiger partial charge in [-0.05, 0) is 101 Å². The maximum absolute atomic E-state index is 12.7. The third-order valence-electron chi connectivity index (χ3n) is 6.84. The van der Waals surface area contributed by atoms with Crippen LogP contribution in [-0.4, -0.2) is 50.9 Å². The molecule has 1 saturated heterocycles. The van der Waals surface area contributed by atoms with Crippen molar-refractivity contribution in [3.8, 4) is 17.1 Å². The van der Waals surface area contributed by atoms with Gasteiger partial charge >= 0.3 is 12.2 Å². The van der Waals surface area contributed by atoms with Gasteiger partial charge in [0, 0.05) is 16.6 Å². The Morgan fingerprint density at radius 3 is 2.39 bits per heavy atom. The third kappa shape index (κ3) is 8.84. The van der Waals surface area contributed by atoms with E-state index >= 15 is 0 Å². The number of halogens is 1. The van der Waals surface area contributed by atoms with Crippen molar-refractivity contribution >= 4 is 44.8 Å². The van der Waals surface area contributed by atoms with Crippen LogP contribution in [0.25, 0.3) is 22.2 Å². The predicted octanol–water partition coefficient (Wildman–Crippen LogP) is 8.18. The van der Waals surface area contributed by atoms with Crippen molar-refractivity contribution in [2.75, 3.05) is 6.54 Å². The molecule has 1 aromatic heterocycles. The lowest BCUT2D eigenvalue weighted by atomic mass is 10.1. The molecule has 0 radical (unpaired) electrons. The van der Waals surface area contributed by atoms with Crippen LogP contribution in [0.5, 0.6) is 5.75 Å². The van der Waals surface area contributed by atoms with E-state index in [2.05, 4.69) is 31.4 Å². The van der Waals surface area contributed by atoms with Gasteiger partial charge < -0.3 is 23.6 Å². The van der Waals surface area contributed by atoms with Crippen LogP contribution in [0.4, 0.5) is 9.59 Å². The number of aromatic nitrogens is 2. The summed E-state index contributed by atoms with van der Waals surface area (Å²) < 4.78 is 23.6. The van der Waals surface area contributed by atoms with Gasteiger partial charge in [0.2, 0.25) is 17.7 Å². The first-order valence-corrected chi connectivity index (χ1v) is 15.9. The Bertz CT molecular complexity index is 1740. The van der Waals surface area contributed by atoms with Gasteiger partial charge in [-0.2, -0.15) is 4.98 Å². The molecule has 1 atom stereocenters. The quantitative estimate of drug-likeness (QED) is 0.163. The van der Waals surface area contributed by atoms with Crippen molar-refractivity contribution in [1.29, 1.82) is 0 Å². The first-order chi connectivity index (χ1) is 21.7. The maximum Gasteiger partial charge on any atom is 0.437 e. The Balaban J connectivity index is 1.33. The molecule has 5 rings (SSSR count). The second-order valence-electron chi connectivity index (χ2n) is 13.0. The smallest absolute Gasteiger partial charge is 0.437 e. The monoisotopic (exact) mass is 691 g/mol. The Morgan fingerprint density at radius 1 is 0.978 bits per heavy atom. The molecule has 0 spiro atoms. The van der Waals surface area contributed by atoms with Gasteiger partial charge in [0.15, 0.2) is 0 Å². The lowest BCUT2D eigenvalue weighted by Gasteiger charge is -2.27. The second kappa shape index (κ2) is 13.5. The van der Waals surface area contributed by atoms with Crippen molar-refractivity contribution < 1.29 is 28.3 Å². The Kier molecular flexibility index (Phi) is 9.66. The molecule has 1 N–H and O–H groups in total. The zero-order valence-corrected chi connectivity index (χ0v) is 28.4. The van der Waals surface area contributed by atoms with Crippen molar-refractivity contribution in [2.24, 2.45) is 4.99 Å². The highest BCUT2D eigenvalue weighted by molar-refractivity contribution is 9.10. The highest BCUT2D eigenvalue weighted by Gasteiger charge is 2.35. The van der Waals surface area contributed by atoms with Gasteiger partial charge in [0.25, 0.3) is 0 Å². The highest BCUT2D eigenvalue weighted by Crippen LogP contribution is 2.33. The van der Waals surface area contributed by atoms with Crippen LogP contribution in [0.1, 0.15) is 71.9 Å². The molecular formula is C34H38BrN5O6. The van der Waals surface area contributed by atoms with E-state index in [-0.39, 0.29) is 5.96 Å². The number of hydrogen-bond donors (Lipinski definition) is 1. The van der Waals surface area contributed by atoms with E-state index in [1.807, 2.05) is 60.7 Å². The number of aliphatic imine (C=N–C) groups is 1. The molecule has 12 heteroatoms. The number of likely N-dealkylation sites (tertiary alicyclic amines) is 1. The summed E-state index contributed by atoms with van der Waals surface area (Å²) in [6.45, 7) is 11.4. The molecule has 46 heavy (non-hydrogen) atoms. The number of benzene rings is 3. The van der Waals surface area contributed by atoms with Crippen molar-refractivity contribution in [1.82, 2.24) is 20.4 Å². The summed E-state index contributed by atoms with van der Waals surface area (Å²) >= 11 is 3.45. The number of carbonyl (C=O) groups excluding carboxylic acids is 2. The van der Waals surface area contributed by atoms with Gasteiger partial charge in [-0.1, -0.05) is 51.4 Å². The summed E-state index contributed by atoms with van der Waals surface area (Å²) in [7, 11) is 0. The zero-order valence-electron chi connectivity index (χ0n) is 26.8. The first-order valence-electron chi connectivity index (χ1n) is 15.1. The lowest BCUT2D eigenvalue weighted by Crippen LogP contribution is -2.46. The summed E-state index contributed by atoms with van der Waals surface area (Å²) in [4.78, 5) is 35.9. The van der Waals surface area contributed by atoms with E-state index in [9.17, 15) is 9.59 Å². The van der Waals surface area contributed by atoms with Crippen LogP contribution >= 0.6 is 15.9 Å². The molecule has 1 unspecified atom stereocenters. The van der Waals surface area contributed by atoms with E-state index in [1.54, 1.807) is 46.4 Å². The van der Waals surface area contributed by atoms with Crippen LogP contribution in [0.3, 0.4) is 0 Å². The number of nitrogens with one attached hydrogen (secondary N) is 1. The van der Waals surface area contributed by atoms with Crippen LogP contribution in [-0.2, 0) is 16.1 Å². The minimum absolute atomic E-state index is 0.00499. The van der Waals surface area contributed by atoms with E-state index in [0.717, 1.165) is 38.5 Å². The number of alkyl carbamates (subject to hydrolysis) is 1. The molecule has 2 heterocycles.